The molecule has 1 aromatic heterocycles. The number of hydrogen-bond acceptors (Lipinski definition) is 5. The van der Waals surface area contributed by atoms with Gasteiger partial charge in [-0.15, -0.1) is 0 Å². The summed E-state index contributed by atoms with van der Waals surface area (Å²) in [7, 11) is 0. The molecule has 0 radical (unpaired) electrons. The Balaban J connectivity index is 1.52. The van der Waals surface area contributed by atoms with Crippen LogP contribution in [0.2, 0.25) is 5.02 Å². The third-order valence-corrected chi connectivity index (χ3v) is 4.98. The van der Waals surface area contributed by atoms with Crippen LogP contribution in [-0.2, 0) is 11.3 Å². The molecule has 4 rings (SSSR count). The lowest BCUT2D eigenvalue weighted by Gasteiger charge is -2.11. The van der Waals surface area contributed by atoms with Gasteiger partial charge >= 0.3 is 0 Å². The topological polar surface area (TPSA) is 109 Å². The van der Waals surface area contributed by atoms with Crippen LogP contribution in [0.5, 0.6) is 0 Å². The molecule has 31 heavy (non-hydrogen) atoms. The third kappa shape index (κ3) is 4.06. The zero-order valence-corrected chi connectivity index (χ0v) is 17.0. The van der Waals surface area contributed by atoms with E-state index in [2.05, 4.69) is 10.6 Å². The summed E-state index contributed by atoms with van der Waals surface area (Å²) in [4.78, 5) is 50.2. The predicted octanol–water partition coefficient (Wildman–Crippen LogP) is 3.94. The van der Waals surface area contributed by atoms with Crippen LogP contribution in [0.15, 0.2) is 59.2 Å². The molecule has 2 aromatic carbocycles. The number of hydrogen-bond donors (Lipinski definition) is 2. The van der Waals surface area contributed by atoms with Crippen molar-refractivity contribution in [3.63, 3.8) is 0 Å². The Hall–Kier alpha value is -3.91. The molecule has 8 nitrogen and oxygen atoms in total. The average molecular weight is 438 g/mol. The van der Waals surface area contributed by atoms with Gasteiger partial charge in [0, 0.05) is 18.2 Å². The minimum atomic E-state index is -0.492. The van der Waals surface area contributed by atoms with Crippen LogP contribution < -0.4 is 10.6 Å². The number of nitrogens with zero attached hydrogens (tertiary/aromatic N) is 1. The summed E-state index contributed by atoms with van der Waals surface area (Å²) in [5.74, 6) is -1.20. The Kier molecular flexibility index (Phi) is 5.31. The quantitative estimate of drug-likeness (QED) is 0.587. The number of furan rings is 1. The number of benzene rings is 2. The van der Waals surface area contributed by atoms with Crippen LogP contribution in [0, 0.1) is 0 Å². The van der Waals surface area contributed by atoms with E-state index in [4.69, 9.17) is 16.0 Å². The smallest absolute Gasteiger partial charge is 0.261 e. The molecule has 0 saturated carbocycles. The number of carbonyl (C=O) groups is 4. The molecule has 0 bridgehead atoms. The molecule has 4 amide bonds. The fraction of sp³-hybridized carbons (Fsp3) is 0.0909. The van der Waals surface area contributed by atoms with Gasteiger partial charge in [0.2, 0.25) is 5.91 Å². The third-order valence-electron chi connectivity index (χ3n) is 4.66. The van der Waals surface area contributed by atoms with Crippen molar-refractivity contribution in [2.45, 2.75) is 13.5 Å². The molecular formula is C22H16ClN3O5. The number of amides is 4. The van der Waals surface area contributed by atoms with Crippen LogP contribution >= 0.6 is 11.6 Å². The van der Waals surface area contributed by atoms with E-state index in [0.29, 0.717) is 17.1 Å². The molecule has 0 aliphatic carbocycles. The first-order valence-electron chi connectivity index (χ1n) is 9.24. The van der Waals surface area contributed by atoms with Crippen molar-refractivity contribution in [3.8, 4) is 0 Å². The lowest BCUT2D eigenvalue weighted by molar-refractivity contribution is -0.114. The van der Waals surface area contributed by atoms with Crippen LogP contribution in [0.3, 0.4) is 0 Å². The van der Waals surface area contributed by atoms with Crippen LogP contribution in [-0.4, -0.2) is 28.5 Å². The van der Waals surface area contributed by atoms with Gasteiger partial charge in [-0.3, -0.25) is 24.1 Å². The molecule has 2 heterocycles. The Morgan fingerprint density at radius 2 is 1.77 bits per heavy atom. The molecular weight excluding hydrogens is 422 g/mol. The monoisotopic (exact) mass is 437 g/mol. The first kappa shape index (κ1) is 20.4. The van der Waals surface area contributed by atoms with Crippen LogP contribution in [0.1, 0.15) is 43.8 Å². The van der Waals surface area contributed by atoms with Gasteiger partial charge in [-0.25, -0.2) is 0 Å². The zero-order chi connectivity index (χ0) is 22.1. The lowest BCUT2D eigenvalue weighted by Crippen LogP contribution is -2.28. The van der Waals surface area contributed by atoms with Gasteiger partial charge in [-0.2, -0.15) is 0 Å². The Labute approximate surface area is 181 Å². The summed E-state index contributed by atoms with van der Waals surface area (Å²) in [6.45, 7) is 1.38. The SMILES string of the molecule is CC(=O)Nc1ccc(NC(=O)c2ccc3c(c2)C(=O)N(Cc2ccco2)C3=O)cc1Cl. The largest absolute Gasteiger partial charge is 0.467 e. The van der Waals surface area contributed by atoms with Gasteiger partial charge in [-0.1, -0.05) is 11.6 Å². The van der Waals surface area contributed by atoms with E-state index in [9.17, 15) is 19.2 Å². The number of imide groups is 1. The fourth-order valence-electron chi connectivity index (χ4n) is 3.22. The standard InChI is InChI=1S/C22H16ClN3O5/c1-12(27)24-19-7-5-14(10-18(19)23)25-20(28)13-4-6-16-17(9-13)22(30)26(21(16)29)11-15-3-2-8-31-15/h2-10H,11H2,1H3,(H,24,27)(H,25,28). The minimum absolute atomic E-state index is 0.0139. The van der Waals surface area contributed by atoms with Crippen LogP contribution in [0.4, 0.5) is 11.4 Å². The van der Waals surface area contributed by atoms with Crippen LogP contribution in [0.25, 0.3) is 0 Å². The normalized spacial score (nSPS) is 12.6. The Morgan fingerprint density at radius 1 is 1.00 bits per heavy atom. The fourth-order valence-corrected chi connectivity index (χ4v) is 3.45. The van der Waals surface area contributed by atoms with Crippen molar-refractivity contribution in [2.24, 2.45) is 0 Å². The molecule has 0 fully saturated rings. The maximum atomic E-state index is 12.7. The first-order valence-corrected chi connectivity index (χ1v) is 9.62. The maximum absolute atomic E-state index is 12.7. The maximum Gasteiger partial charge on any atom is 0.261 e. The van der Waals surface area contributed by atoms with Crippen molar-refractivity contribution in [1.82, 2.24) is 4.90 Å². The zero-order valence-electron chi connectivity index (χ0n) is 16.3. The molecule has 0 atom stereocenters. The molecule has 0 unspecified atom stereocenters. The molecule has 0 spiro atoms. The summed E-state index contributed by atoms with van der Waals surface area (Å²) in [6, 6.07) is 12.3. The molecule has 1 aliphatic rings. The molecule has 1 aliphatic heterocycles. The van der Waals surface area contributed by atoms with E-state index < -0.39 is 17.7 Å². The van der Waals surface area contributed by atoms with E-state index in [0.717, 1.165) is 4.90 Å². The minimum Gasteiger partial charge on any atom is -0.467 e. The van der Waals surface area contributed by atoms with E-state index in [1.807, 2.05) is 0 Å². The summed E-state index contributed by atoms with van der Waals surface area (Å²) in [5.41, 5.74) is 1.43. The highest BCUT2D eigenvalue weighted by Gasteiger charge is 2.36. The average Bonchev–Trinajstić information content (AvgIpc) is 3.32. The number of fused-ring (bicyclic) bond motifs is 1. The van der Waals surface area contributed by atoms with Gasteiger partial charge < -0.3 is 15.1 Å². The predicted molar refractivity (Wildman–Crippen MR) is 113 cm³/mol. The van der Waals surface area contributed by atoms with Crippen molar-refractivity contribution < 1.29 is 23.6 Å². The number of nitrogens with one attached hydrogen (secondary N) is 2. The molecule has 9 heteroatoms. The second-order valence-electron chi connectivity index (χ2n) is 6.87. The molecule has 2 N–H and O–H groups in total. The van der Waals surface area contributed by atoms with E-state index in [1.165, 1.54) is 37.5 Å². The molecule has 3 aromatic rings. The van der Waals surface area contributed by atoms with E-state index in [1.54, 1.807) is 24.3 Å². The summed E-state index contributed by atoms with van der Waals surface area (Å²) in [5, 5.41) is 5.52. The Morgan fingerprint density at radius 3 is 2.45 bits per heavy atom. The highest BCUT2D eigenvalue weighted by Crippen LogP contribution is 2.28. The summed E-state index contributed by atoms with van der Waals surface area (Å²) >= 11 is 6.13. The number of rotatable bonds is 5. The van der Waals surface area contributed by atoms with Crippen molar-refractivity contribution in [2.75, 3.05) is 10.6 Å². The summed E-state index contributed by atoms with van der Waals surface area (Å²) in [6.07, 6.45) is 1.46. The molecule has 156 valence electrons. The number of anilines is 2. The van der Waals surface area contributed by atoms with Gasteiger partial charge in [0.1, 0.15) is 5.76 Å². The lowest BCUT2D eigenvalue weighted by atomic mass is 10.1. The first-order chi connectivity index (χ1) is 14.8. The second-order valence-corrected chi connectivity index (χ2v) is 7.27. The van der Waals surface area contributed by atoms with Crippen molar-refractivity contribution in [1.29, 1.82) is 0 Å². The highest BCUT2D eigenvalue weighted by atomic mass is 35.5. The number of halogens is 1. The van der Waals surface area contributed by atoms with E-state index >= 15 is 0 Å². The van der Waals surface area contributed by atoms with Crippen molar-refractivity contribution in [3.05, 3.63) is 82.3 Å². The number of carbonyl (C=O) groups excluding carboxylic acids is 4. The van der Waals surface area contributed by atoms with Gasteiger partial charge in [0.15, 0.2) is 0 Å². The second kappa shape index (κ2) is 8.08. The van der Waals surface area contributed by atoms with Gasteiger partial charge in [-0.05, 0) is 48.5 Å². The van der Waals surface area contributed by atoms with E-state index in [-0.39, 0.29) is 34.2 Å². The highest BCUT2D eigenvalue weighted by molar-refractivity contribution is 6.34. The van der Waals surface area contributed by atoms with Gasteiger partial charge in [0.25, 0.3) is 17.7 Å². The van der Waals surface area contributed by atoms with Gasteiger partial charge in [0.05, 0.1) is 34.6 Å². The Bertz CT molecular complexity index is 1220. The summed E-state index contributed by atoms with van der Waals surface area (Å²) < 4.78 is 5.21. The molecule has 0 saturated heterocycles. The van der Waals surface area contributed by atoms with Crippen molar-refractivity contribution >= 4 is 46.6 Å².